The van der Waals surface area contributed by atoms with E-state index in [9.17, 15) is 9.90 Å². The third-order valence-electron chi connectivity index (χ3n) is 3.62. The van der Waals surface area contributed by atoms with Crippen molar-refractivity contribution < 1.29 is 14.6 Å². The summed E-state index contributed by atoms with van der Waals surface area (Å²) in [5.41, 5.74) is 3.45. The standard InChI is InChI=1S/C19H21NO3/c1-14(17-9-5-6-10-18(17)23-2)11-19(22)20-12-15-7-3-4-8-16(15)13-21/h3-11,21H,12-13H2,1-2H3,(H,20,22)/b14-11+. The number of amides is 1. The lowest BCUT2D eigenvalue weighted by molar-refractivity contribution is -0.116. The monoisotopic (exact) mass is 311 g/mol. The van der Waals surface area contributed by atoms with Crippen molar-refractivity contribution in [1.82, 2.24) is 5.32 Å². The third kappa shape index (κ3) is 4.44. The zero-order valence-corrected chi connectivity index (χ0v) is 13.4. The van der Waals surface area contributed by atoms with Crippen molar-refractivity contribution >= 4 is 11.5 Å². The van der Waals surface area contributed by atoms with Crippen molar-refractivity contribution in [3.05, 3.63) is 71.3 Å². The highest BCUT2D eigenvalue weighted by atomic mass is 16.5. The third-order valence-corrected chi connectivity index (χ3v) is 3.62. The van der Waals surface area contributed by atoms with Crippen LogP contribution >= 0.6 is 0 Å². The van der Waals surface area contributed by atoms with Gasteiger partial charge in [0.15, 0.2) is 0 Å². The molecule has 0 aliphatic heterocycles. The van der Waals surface area contributed by atoms with Crippen LogP contribution < -0.4 is 10.1 Å². The van der Waals surface area contributed by atoms with Gasteiger partial charge in [0.2, 0.25) is 5.91 Å². The summed E-state index contributed by atoms with van der Waals surface area (Å²) < 4.78 is 5.31. The molecule has 0 aromatic heterocycles. The molecule has 4 nitrogen and oxygen atoms in total. The molecule has 0 unspecified atom stereocenters. The van der Waals surface area contributed by atoms with E-state index < -0.39 is 0 Å². The number of aliphatic hydroxyl groups is 1. The van der Waals surface area contributed by atoms with E-state index in [2.05, 4.69) is 5.32 Å². The normalized spacial score (nSPS) is 11.2. The minimum atomic E-state index is -0.179. The molecule has 2 rings (SSSR count). The summed E-state index contributed by atoms with van der Waals surface area (Å²) in [6, 6.07) is 15.1. The lowest BCUT2D eigenvalue weighted by Gasteiger charge is -2.10. The van der Waals surface area contributed by atoms with E-state index in [0.717, 1.165) is 28.0 Å². The predicted molar refractivity (Wildman–Crippen MR) is 90.9 cm³/mol. The SMILES string of the molecule is COc1ccccc1/C(C)=C/C(=O)NCc1ccccc1CO. The van der Waals surface area contributed by atoms with E-state index in [-0.39, 0.29) is 12.5 Å². The number of hydrogen-bond acceptors (Lipinski definition) is 3. The molecule has 4 heteroatoms. The molecule has 0 bridgehead atoms. The molecule has 2 aromatic carbocycles. The Labute approximate surface area is 136 Å². The quantitative estimate of drug-likeness (QED) is 0.807. The molecule has 1 amide bonds. The number of rotatable bonds is 6. The topological polar surface area (TPSA) is 58.6 Å². The smallest absolute Gasteiger partial charge is 0.244 e. The minimum Gasteiger partial charge on any atom is -0.496 e. The van der Waals surface area contributed by atoms with Crippen molar-refractivity contribution in [3.63, 3.8) is 0 Å². The van der Waals surface area contributed by atoms with Crippen LogP contribution in [0.1, 0.15) is 23.6 Å². The maximum absolute atomic E-state index is 12.1. The first-order chi connectivity index (χ1) is 11.2. The maximum Gasteiger partial charge on any atom is 0.244 e. The van der Waals surface area contributed by atoms with Gasteiger partial charge in [-0.2, -0.15) is 0 Å². The number of nitrogens with one attached hydrogen (secondary N) is 1. The number of hydrogen-bond donors (Lipinski definition) is 2. The number of para-hydroxylation sites is 1. The van der Waals surface area contributed by atoms with Crippen LogP contribution in [0.2, 0.25) is 0 Å². The van der Waals surface area contributed by atoms with Crippen LogP contribution in [0.25, 0.3) is 5.57 Å². The van der Waals surface area contributed by atoms with Crippen LogP contribution in [0.4, 0.5) is 0 Å². The molecule has 0 spiro atoms. The number of benzene rings is 2. The molecule has 0 fully saturated rings. The lowest BCUT2D eigenvalue weighted by Crippen LogP contribution is -2.21. The van der Waals surface area contributed by atoms with Crippen LogP contribution in [0.3, 0.4) is 0 Å². The Morgan fingerprint density at radius 2 is 1.78 bits per heavy atom. The molecule has 0 atom stereocenters. The van der Waals surface area contributed by atoms with E-state index in [1.807, 2.05) is 55.5 Å². The molecule has 120 valence electrons. The van der Waals surface area contributed by atoms with Crippen LogP contribution in [0, 0.1) is 0 Å². The molecule has 0 saturated carbocycles. The molecular weight excluding hydrogens is 290 g/mol. The molecular formula is C19H21NO3. The predicted octanol–water partition coefficient (Wildman–Crippen LogP) is 2.91. The first-order valence-corrected chi connectivity index (χ1v) is 7.43. The fraction of sp³-hybridized carbons (Fsp3) is 0.211. The van der Waals surface area contributed by atoms with Crippen molar-refractivity contribution in [1.29, 1.82) is 0 Å². The first-order valence-electron chi connectivity index (χ1n) is 7.43. The number of carbonyl (C=O) groups excluding carboxylic acids is 1. The Bertz CT molecular complexity index is 707. The van der Waals surface area contributed by atoms with Crippen molar-refractivity contribution in [2.75, 3.05) is 7.11 Å². The van der Waals surface area contributed by atoms with E-state index in [4.69, 9.17) is 4.74 Å². The Balaban J connectivity index is 2.06. The summed E-state index contributed by atoms with van der Waals surface area (Å²) >= 11 is 0. The average Bonchev–Trinajstić information content (AvgIpc) is 2.60. The molecule has 0 radical (unpaired) electrons. The molecule has 0 aliphatic carbocycles. The van der Waals surface area contributed by atoms with Gasteiger partial charge < -0.3 is 15.2 Å². The highest BCUT2D eigenvalue weighted by Crippen LogP contribution is 2.24. The molecule has 2 N–H and O–H groups in total. The van der Waals surface area contributed by atoms with Gasteiger partial charge in [0, 0.05) is 18.2 Å². The van der Waals surface area contributed by atoms with Crippen molar-refractivity contribution in [2.24, 2.45) is 0 Å². The maximum atomic E-state index is 12.1. The average molecular weight is 311 g/mol. The minimum absolute atomic E-state index is 0.0396. The summed E-state index contributed by atoms with van der Waals surface area (Å²) in [4.78, 5) is 12.1. The van der Waals surface area contributed by atoms with Crippen molar-refractivity contribution in [3.8, 4) is 5.75 Å². The number of aliphatic hydroxyl groups excluding tert-OH is 1. The molecule has 0 heterocycles. The second-order valence-electron chi connectivity index (χ2n) is 5.17. The Hall–Kier alpha value is -2.59. The number of carbonyl (C=O) groups is 1. The summed E-state index contributed by atoms with van der Waals surface area (Å²) in [6.45, 7) is 2.21. The van der Waals surface area contributed by atoms with Gasteiger partial charge >= 0.3 is 0 Å². The van der Waals surface area contributed by atoms with Crippen LogP contribution in [-0.2, 0) is 17.9 Å². The second kappa shape index (κ2) is 8.15. The van der Waals surface area contributed by atoms with Gasteiger partial charge in [-0.3, -0.25) is 4.79 Å². The fourth-order valence-electron chi connectivity index (χ4n) is 2.36. The van der Waals surface area contributed by atoms with Crippen LogP contribution in [0.15, 0.2) is 54.6 Å². The van der Waals surface area contributed by atoms with Gasteiger partial charge in [0.25, 0.3) is 0 Å². The Morgan fingerprint density at radius 1 is 1.13 bits per heavy atom. The lowest BCUT2D eigenvalue weighted by atomic mass is 10.1. The first kappa shape index (κ1) is 16.8. The van der Waals surface area contributed by atoms with E-state index in [1.165, 1.54) is 0 Å². The summed E-state index contributed by atoms with van der Waals surface area (Å²) in [5, 5.41) is 12.1. The zero-order valence-electron chi connectivity index (χ0n) is 13.4. The second-order valence-corrected chi connectivity index (χ2v) is 5.17. The number of allylic oxidation sites excluding steroid dienone is 1. The summed E-state index contributed by atoms with van der Waals surface area (Å²) in [6.07, 6.45) is 1.55. The van der Waals surface area contributed by atoms with E-state index in [0.29, 0.717) is 6.54 Å². The summed E-state index contributed by atoms with van der Waals surface area (Å²) in [7, 11) is 1.61. The molecule has 2 aromatic rings. The van der Waals surface area contributed by atoms with Crippen molar-refractivity contribution in [2.45, 2.75) is 20.1 Å². The number of ether oxygens (including phenoxy) is 1. The van der Waals surface area contributed by atoms with Gasteiger partial charge in [-0.05, 0) is 29.7 Å². The van der Waals surface area contributed by atoms with Crippen LogP contribution in [-0.4, -0.2) is 18.1 Å². The molecule has 0 aliphatic rings. The van der Waals surface area contributed by atoms with Gasteiger partial charge in [-0.25, -0.2) is 0 Å². The molecule has 23 heavy (non-hydrogen) atoms. The van der Waals surface area contributed by atoms with Gasteiger partial charge in [-0.1, -0.05) is 42.5 Å². The fourth-order valence-corrected chi connectivity index (χ4v) is 2.36. The van der Waals surface area contributed by atoms with Crippen LogP contribution in [0.5, 0.6) is 5.75 Å². The van der Waals surface area contributed by atoms with Gasteiger partial charge in [0.1, 0.15) is 5.75 Å². The van der Waals surface area contributed by atoms with Gasteiger partial charge in [-0.15, -0.1) is 0 Å². The highest BCUT2D eigenvalue weighted by molar-refractivity contribution is 5.95. The zero-order chi connectivity index (χ0) is 16.7. The van der Waals surface area contributed by atoms with Gasteiger partial charge in [0.05, 0.1) is 13.7 Å². The number of methoxy groups -OCH3 is 1. The largest absolute Gasteiger partial charge is 0.496 e. The highest BCUT2D eigenvalue weighted by Gasteiger charge is 2.07. The Kier molecular flexibility index (Phi) is 5.94. The molecule has 0 saturated heterocycles. The van der Waals surface area contributed by atoms with E-state index >= 15 is 0 Å². The summed E-state index contributed by atoms with van der Waals surface area (Å²) in [5.74, 6) is 0.556. The van der Waals surface area contributed by atoms with E-state index in [1.54, 1.807) is 13.2 Å². The Morgan fingerprint density at radius 3 is 2.48 bits per heavy atom.